The highest BCUT2D eigenvalue weighted by Gasteiger charge is 2.25. The predicted molar refractivity (Wildman–Crippen MR) is 55.6 cm³/mol. The van der Waals surface area contributed by atoms with Gasteiger partial charge in [-0.1, -0.05) is 6.92 Å². The molecule has 0 heterocycles. The molecule has 1 atom stereocenters. The van der Waals surface area contributed by atoms with Crippen molar-refractivity contribution in [1.29, 1.82) is 0 Å². The van der Waals surface area contributed by atoms with Crippen LogP contribution in [0.5, 0.6) is 0 Å². The maximum atomic E-state index is 11.2. The molecule has 0 unspecified atom stereocenters. The third-order valence-corrected chi connectivity index (χ3v) is 2.72. The maximum Gasteiger partial charge on any atom is 0.322 e. The van der Waals surface area contributed by atoms with Gasteiger partial charge >= 0.3 is 5.97 Å². The van der Waals surface area contributed by atoms with Crippen LogP contribution in [-0.4, -0.2) is 38.0 Å². The fourth-order valence-corrected chi connectivity index (χ4v) is 1.96. The lowest BCUT2D eigenvalue weighted by Crippen LogP contribution is -2.48. The molecule has 0 saturated carbocycles. The summed E-state index contributed by atoms with van der Waals surface area (Å²) in [7, 11) is -3.92. The first kappa shape index (κ1) is 14.8. The lowest BCUT2D eigenvalue weighted by Gasteiger charge is -2.13. The second-order valence-electron chi connectivity index (χ2n) is 3.08. The molecule has 0 bridgehead atoms. The van der Waals surface area contributed by atoms with Crippen molar-refractivity contribution in [2.45, 2.75) is 25.8 Å². The number of nitrogens with two attached hydrogens (primary N) is 1. The van der Waals surface area contributed by atoms with Crippen LogP contribution in [0.4, 0.5) is 0 Å². The first-order chi connectivity index (χ1) is 7.28. The van der Waals surface area contributed by atoms with Crippen molar-refractivity contribution >= 4 is 22.1 Å². The van der Waals surface area contributed by atoms with Gasteiger partial charge in [0.2, 0.25) is 5.91 Å². The van der Waals surface area contributed by atoms with Gasteiger partial charge in [-0.2, -0.15) is 13.1 Å². The van der Waals surface area contributed by atoms with Gasteiger partial charge in [-0.05, 0) is 6.42 Å². The Balaban J connectivity index is 4.50. The number of primary amides is 1. The summed E-state index contributed by atoms with van der Waals surface area (Å²) in [5, 5.41) is 8.65. The highest BCUT2D eigenvalue weighted by molar-refractivity contribution is 7.87. The lowest BCUT2D eigenvalue weighted by molar-refractivity contribution is -0.140. The monoisotopic (exact) mass is 253 g/mol. The molecule has 9 heteroatoms. The molecular weight excluding hydrogens is 238 g/mol. The van der Waals surface area contributed by atoms with Crippen molar-refractivity contribution in [2.24, 2.45) is 5.73 Å². The van der Waals surface area contributed by atoms with Gasteiger partial charge in [0.1, 0.15) is 6.04 Å². The second kappa shape index (κ2) is 6.40. The summed E-state index contributed by atoms with van der Waals surface area (Å²) in [6.07, 6.45) is -0.0309. The molecule has 0 saturated heterocycles. The van der Waals surface area contributed by atoms with Crippen LogP contribution in [-0.2, 0) is 19.8 Å². The zero-order valence-electron chi connectivity index (χ0n) is 8.76. The molecular formula is C7H15N3O5S. The van der Waals surface area contributed by atoms with E-state index in [0.29, 0.717) is 6.42 Å². The molecule has 16 heavy (non-hydrogen) atoms. The van der Waals surface area contributed by atoms with Crippen LogP contribution in [0.2, 0.25) is 0 Å². The molecule has 5 N–H and O–H groups in total. The number of nitrogens with one attached hydrogen (secondary N) is 2. The zero-order valence-corrected chi connectivity index (χ0v) is 9.58. The number of aliphatic carboxylic acids is 1. The number of carbonyl (C=O) groups is 2. The molecule has 0 aliphatic carbocycles. The Kier molecular flexibility index (Phi) is 5.93. The molecule has 0 aromatic carbocycles. The maximum absolute atomic E-state index is 11.2. The Labute approximate surface area is 93.4 Å². The molecule has 0 radical (unpaired) electrons. The Morgan fingerprint density at radius 1 is 1.44 bits per heavy atom. The Bertz CT molecular complexity index is 353. The third kappa shape index (κ3) is 6.32. The molecule has 0 fully saturated rings. The number of hydrogen-bond acceptors (Lipinski definition) is 4. The van der Waals surface area contributed by atoms with E-state index in [9.17, 15) is 18.0 Å². The van der Waals surface area contributed by atoms with E-state index in [1.54, 1.807) is 6.92 Å². The van der Waals surface area contributed by atoms with Gasteiger partial charge in [0, 0.05) is 6.54 Å². The number of hydrogen-bond donors (Lipinski definition) is 4. The summed E-state index contributed by atoms with van der Waals surface area (Å²) >= 11 is 0. The molecule has 0 aliphatic heterocycles. The Morgan fingerprint density at radius 2 is 2.00 bits per heavy atom. The van der Waals surface area contributed by atoms with Crippen LogP contribution in [0.3, 0.4) is 0 Å². The van der Waals surface area contributed by atoms with Gasteiger partial charge in [0.25, 0.3) is 10.2 Å². The molecule has 0 aromatic heterocycles. The van der Waals surface area contributed by atoms with Gasteiger partial charge < -0.3 is 10.8 Å². The number of rotatable bonds is 8. The van der Waals surface area contributed by atoms with Crippen LogP contribution < -0.4 is 15.2 Å². The Morgan fingerprint density at radius 3 is 2.38 bits per heavy atom. The highest BCUT2D eigenvalue weighted by Crippen LogP contribution is 1.94. The van der Waals surface area contributed by atoms with E-state index in [1.807, 2.05) is 4.72 Å². The summed E-state index contributed by atoms with van der Waals surface area (Å²) in [6, 6.07) is -1.55. The van der Waals surface area contributed by atoms with E-state index in [2.05, 4.69) is 4.72 Å². The summed E-state index contributed by atoms with van der Waals surface area (Å²) in [4.78, 5) is 21.1. The van der Waals surface area contributed by atoms with Gasteiger partial charge in [-0.3, -0.25) is 9.59 Å². The highest BCUT2D eigenvalue weighted by atomic mass is 32.2. The largest absolute Gasteiger partial charge is 0.480 e. The van der Waals surface area contributed by atoms with Crippen LogP contribution in [0.25, 0.3) is 0 Å². The van der Waals surface area contributed by atoms with E-state index in [-0.39, 0.29) is 6.54 Å². The minimum absolute atomic E-state index is 0.179. The van der Waals surface area contributed by atoms with Crippen LogP contribution in [0, 0.1) is 0 Å². The fourth-order valence-electron chi connectivity index (χ4n) is 0.846. The standard InChI is InChI=1S/C7H15N3O5S/c1-2-3-9-16(14,15)10-5(7(12)13)4-6(8)11/h5,9-10H,2-4H2,1H3,(H2,8,11)(H,12,13)/t5-/m1/s1. The van der Waals surface area contributed by atoms with Gasteiger partial charge in [-0.25, -0.2) is 4.72 Å². The lowest BCUT2D eigenvalue weighted by atomic mass is 10.2. The SMILES string of the molecule is CCCNS(=O)(=O)N[C@H](CC(N)=O)C(=O)O. The van der Waals surface area contributed by atoms with Crippen LogP contribution in [0.15, 0.2) is 0 Å². The van der Waals surface area contributed by atoms with Crippen molar-refractivity contribution in [3.8, 4) is 0 Å². The van der Waals surface area contributed by atoms with Crippen molar-refractivity contribution in [3.63, 3.8) is 0 Å². The van der Waals surface area contributed by atoms with Crippen molar-refractivity contribution in [2.75, 3.05) is 6.54 Å². The number of carbonyl (C=O) groups excluding carboxylic acids is 1. The van der Waals surface area contributed by atoms with Crippen molar-refractivity contribution in [1.82, 2.24) is 9.44 Å². The summed E-state index contributed by atoms with van der Waals surface area (Å²) in [5.74, 6) is -2.36. The van der Waals surface area contributed by atoms with Crippen LogP contribution >= 0.6 is 0 Å². The van der Waals surface area contributed by atoms with Crippen LogP contribution in [0.1, 0.15) is 19.8 Å². The Hall–Kier alpha value is -1.19. The minimum Gasteiger partial charge on any atom is -0.480 e. The summed E-state index contributed by atoms with van der Waals surface area (Å²) < 4.78 is 26.4. The van der Waals surface area contributed by atoms with Crippen molar-refractivity contribution < 1.29 is 23.1 Å². The molecule has 0 aliphatic rings. The van der Waals surface area contributed by atoms with E-state index in [0.717, 1.165) is 0 Å². The van der Waals surface area contributed by atoms with E-state index in [1.165, 1.54) is 0 Å². The fraction of sp³-hybridized carbons (Fsp3) is 0.714. The zero-order chi connectivity index (χ0) is 12.8. The smallest absolute Gasteiger partial charge is 0.322 e. The average molecular weight is 253 g/mol. The summed E-state index contributed by atoms with van der Waals surface area (Å²) in [6.45, 7) is 1.93. The molecule has 0 rings (SSSR count). The van der Waals surface area contributed by atoms with Gasteiger partial charge in [0.05, 0.1) is 6.42 Å². The summed E-state index contributed by atoms with van der Waals surface area (Å²) in [5.41, 5.74) is 4.79. The molecule has 0 spiro atoms. The molecule has 8 nitrogen and oxygen atoms in total. The topological polar surface area (TPSA) is 139 Å². The first-order valence-corrected chi connectivity index (χ1v) is 6.05. The number of amides is 1. The van der Waals surface area contributed by atoms with Gasteiger partial charge in [-0.15, -0.1) is 0 Å². The number of carboxylic acid groups (broad SMARTS) is 1. The molecule has 1 amide bonds. The van der Waals surface area contributed by atoms with E-state index < -0.39 is 34.5 Å². The number of carboxylic acids is 1. The normalized spacial score (nSPS) is 13.3. The predicted octanol–water partition coefficient (Wildman–Crippen LogP) is -1.85. The second-order valence-corrected chi connectivity index (χ2v) is 4.61. The first-order valence-electron chi connectivity index (χ1n) is 4.56. The molecule has 94 valence electrons. The third-order valence-electron chi connectivity index (χ3n) is 1.54. The van der Waals surface area contributed by atoms with E-state index in [4.69, 9.17) is 10.8 Å². The minimum atomic E-state index is -3.92. The molecule has 0 aromatic rings. The van der Waals surface area contributed by atoms with Crippen molar-refractivity contribution in [3.05, 3.63) is 0 Å². The van der Waals surface area contributed by atoms with Gasteiger partial charge in [0.15, 0.2) is 0 Å². The average Bonchev–Trinajstić information content (AvgIpc) is 2.12. The van der Waals surface area contributed by atoms with E-state index >= 15 is 0 Å². The quantitative estimate of drug-likeness (QED) is 0.402.